The lowest BCUT2D eigenvalue weighted by molar-refractivity contribution is -0.160. The Hall–Kier alpha value is -3.20. The zero-order valence-corrected chi connectivity index (χ0v) is 29.6. The van der Waals surface area contributed by atoms with Gasteiger partial charge in [-0.2, -0.15) is 0 Å². The van der Waals surface area contributed by atoms with Crippen LogP contribution in [0.15, 0.2) is 53.0 Å². The Labute approximate surface area is 282 Å². The average molecular weight is 688 g/mol. The maximum atomic E-state index is 13.6. The first kappa shape index (κ1) is 36.6. The van der Waals surface area contributed by atoms with Gasteiger partial charge in [-0.3, -0.25) is 9.19 Å². The molecule has 0 aliphatic heterocycles. The van der Waals surface area contributed by atoms with Crippen LogP contribution in [0.25, 0.3) is 21.1 Å². The molecule has 0 aliphatic carbocycles. The lowest BCUT2D eigenvalue weighted by Crippen LogP contribution is -2.27. The number of hydrogen-bond acceptors (Lipinski definition) is 12. The molecule has 4 aromatic rings. The molecule has 2 aromatic carbocycles. The Kier molecular flexibility index (Phi) is 13.5. The number of thiazole rings is 1. The second-order valence-corrected chi connectivity index (χ2v) is 15.6. The van der Waals surface area contributed by atoms with E-state index in [0.29, 0.717) is 56.9 Å². The molecule has 13 heteroatoms. The second kappa shape index (κ2) is 17.3. The van der Waals surface area contributed by atoms with E-state index in [1.54, 1.807) is 17.5 Å². The Bertz CT molecular complexity index is 1630. The number of carbonyl (C=O) groups is 1. The smallest absolute Gasteiger partial charge is 0.332 e. The van der Waals surface area contributed by atoms with Crippen LogP contribution in [-0.2, 0) is 39.3 Å². The van der Waals surface area contributed by atoms with E-state index in [0.717, 1.165) is 32.5 Å². The molecule has 0 fully saturated rings. The van der Waals surface area contributed by atoms with E-state index in [4.69, 9.17) is 28.4 Å². The van der Waals surface area contributed by atoms with Crippen LogP contribution < -0.4 is 10.1 Å². The molecule has 0 spiro atoms. The predicted octanol–water partition coefficient (Wildman–Crippen LogP) is 6.28. The number of aromatic nitrogens is 2. The quantitative estimate of drug-likeness (QED) is 0.0938. The fourth-order valence-electron chi connectivity index (χ4n) is 4.34. The number of pyridine rings is 1. The van der Waals surface area contributed by atoms with Gasteiger partial charge >= 0.3 is 5.97 Å². The lowest BCUT2D eigenvalue weighted by Gasteiger charge is -2.21. The van der Waals surface area contributed by atoms with Crippen LogP contribution in [-0.4, -0.2) is 90.0 Å². The predicted molar refractivity (Wildman–Crippen MR) is 185 cm³/mol. The third kappa shape index (κ3) is 11.8. The molecule has 1 N–H and O–H groups in total. The lowest BCUT2D eigenvalue weighted by atomic mass is 10.1. The molecule has 0 radical (unpaired) electrons. The van der Waals surface area contributed by atoms with E-state index in [1.807, 2.05) is 83.5 Å². The Morgan fingerprint density at radius 3 is 2.13 bits per heavy atom. The highest BCUT2D eigenvalue weighted by Gasteiger charge is 2.26. The zero-order chi connectivity index (χ0) is 33.9. The fraction of sp³-hybridized carbons (Fsp3) is 0.500. The third-order valence-electron chi connectivity index (χ3n) is 6.41. The summed E-state index contributed by atoms with van der Waals surface area (Å²) in [5.41, 5.74) is 4.72. The van der Waals surface area contributed by atoms with Gasteiger partial charge in [0.1, 0.15) is 24.6 Å². The van der Waals surface area contributed by atoms with E-state index < -0.39 is 27.1 Å². The standard InChI is InChI=1S/C34H45N3O8S2/c1-33(2,3)45-32(38)22-43-16-15-41-12-11-40-13-14-42-17-18-44-29-21-27-25(20-31(29)47(39)34(4,5)6)26(9-10-35-27)37-24-7-8-30-28(19-24)36-23-46-30/h7-10,19-21,23H,11-18,22H2,1-6H3,(H,35,37). The van der Waals surface area contributed by atoms with Crippen molar-refractivity contribution < 1.29 is 37.4 Å². The number of carbonyl (C=O) groups excluding carboxylic acids is 1. The van der Waals surface area contributed by atoms with Crippen molar-refractivity contribution in [3.63, 3.8) is 0 Å². The van der Waals surface area contributed by atoms with E-state index in [9.17, 15) is 9.00 Å². The van der Waals surface area contributed by atoms with Gasteiger partial charge in [0, 0.05) is 33.8 Å². The Morgan fingerprint density at radius 2 is 1.47 bits per heavy atom. The van der Waals surface area contributed by atoms with Gasteiger partial charge in [0.25, 0.3) is 0 Å². The largest absolute Gasteiger partial charge is 0.490 e. The molecular weight excluding hydrogens is 643 g/mol. The van der Waals surface area contributed by atoms with Crippen LogP contribution in [0.3, 0.4) is 0 Å². The van der Waals surface area contributed by atoms with Crippen LogP contribution in [0, 0.1) is 0 Å². The SMILES string of the molecule is CC(C)(C)OC(=O)COCCOCCOCCOCCOc1cc2nccc(Nc3ccc4scnc4c3)c2cc1S(=O)C(C)(C)C. The summed E-state index contributed by atoms with van der Waals surface area (Å²) >= 11 is 1.60. The van der Waals surface area contributed by atoms with E-state index in [-0.39, 0.29) is 13.2 Å². The average Bonchev–Trinajstić information content (AvgIpc) is 3.47. The molecule has 0 amide bonds. The minimum absolute atomic E-state index is 0.101. The molecule has 0 saturated carbocycles. The molecule has 2 heterocycles. The molecule has 256 valence electrons. The first-order chi connectivity index (χ1) is 22.4. The number of fused-ring (bicyclic) bond motifs is 2. The third-order valence-corrected chi connectivity index (χ3v) is 9.05. The monoisotopic (exact) mass is 687 g/mol. The number of ether oxygens (including phenoxy) is 6. The molecule has 2 aromatic heterocycles. The molecule has 1 atom stereocenters. The van der Waals surface area contributed by atoms with Gasteiger partial charge in [0.05, 0.1) is 83.2 Å². The van der Waals surface area contributed by atoms with Gasteiger partial charge in [-0.25, -0.2) is 9.78 Å². The number of nitrogens with zero attached hydrogens (tertiary/aromatic N) is 2. The van der Waals surface area contributed by atoms with Crippen LogP contribution in [0.5, 0.6) is 5.75 Å². The topological polar surface area (TPSA) is 127 Å². The minimum Gasteiger partial charge on any atom is -0.490 e. The highest BCUT2D eigenvalue weighted by molar-refractivity contribution is 7.86. The van der Waals surface area contributed by atoms with Crippen LogP contribution in [0.1, 0.15) is 41.5 Å². The van der Waals surface area contributed by atoms with Gasteiger partial charge in [0.2, 0.25) is 0 Å². The van der Waals surface area contributed by atoms with Crippen molar-refractivity contribution in [1.82, 2.24) is 9.97 Å². The molecule has 11 nitrogen and oxygen atoms in total. The zero-order valence-electron chi connectivity index (χ0n) is 28.0. The number of rotatable bonds is 18. The molecule has 0 bridgehead atoms. The second-order valence-electron chi connectivity index (χ2n) is 12.5. The summed E-state index contributed by atoms with van der Waals surface area (Å²) in [6.45, 7) is 14.0. The van der Waals surface area contributed by atoms with Crippen molar-refractivity contribution in [2.45, 2.75) is 56.8 Å². The number of nitrogens with one attached hydrogen (secondary N) is 1. The maximum Gasteiger partial charge on any atom is 0.332 e. The highest BCUT2D eigenvalue weighted by Crippen LogP contribution is 2.36. The van der Waals surface area contributed by atoms with Crippen LogP contribution in [0.4, 0.5) is 11.4 Å². The van der Waals surface area contributed by atoms with Crippen LogP contribution in [0.2, 0.25) is 0 Å². The summed E-state index contributed by atoms with van der Waals surface area (Å²) in [6.07, 6.45) is 1.74. The van der Waals surface area contributed by atoms with Gasteiger partial charge in [-0.15, -0.1) is 11.3 Å². The normalized spacial score (nSPS) is 12.8. The fourth-order valence-corrected chi connectivity index (χ4v) is 6.18. The molecule has 0 aliphatic rings. The first-order valence-corrected chi connectivity index (χ1v) is 17.5. The molecule has 1 unspecified atom stereocenters. The summed E-state index contributed by atoms with van der Waals surface area (Å²) in [7, 11) is -1.35. The number of anilines is 2. The summed E-state index contributed by atoms with van der Waals surface area (Å²) in [5, 5.41) is 4.33. The number of benzene rings is 2. The molecule has 4 rings (SSSR count). The van der Waals surface area contributed by atoms with E-state index in [2.05, 4.69) is 15.3 Å². The van der Waals surface area contributed by atoms with Crippen molar-refractivity contribution in [3.8, 4) is 5.75 Å². The summed E-state index contributed by atoms with van der Waals surface area (Å²) in [5.74, 6) is 0.121. The van der Waals surface area contributed by atoms with Crippen molar-refractivity contribution in [1.29, 1.82) is 0 Å². The van der Waals surface area contributed by atoms with Crippen molar-refractivity contribution in [2.24, 2.45) is 0 Å². The van der Waals surface area contributed by atoms with Gasteiger partial charge in [0.15, 0.2) is 0 Å². The van der Waals surface area contributed by atoms with Crippen molar-refractivity contribution >= 4 is 60.6 Å². The van der Waals surface area contributed by atoms with Crippen molar-refractivity contribution in [3.05, 3.63) is 48.1 Å². The minimum atomic E-state index is -1.35. The molecular formula is C34H45N3O8S2. The van der Waals surface area contributed by atoms with Gasteiger partial charge in [-0.1, -0.05) is 0 Å². The van der Waals surface area contributed by atoms with Crippen LogP contribution >= 0.6 is 11.3 Å². The van der Waals surface area contributed by atoms with E-state index in [1.165, 1.54) is 0 Å². The molecule has 47 heavy (non-hydrogen) atoms. The van der Waals surface area contributed by atoms with E-state index >= 15 is 0 Å². The summed E-state index contributed by atoms with van der Waals surface area (Å²) < 4.78 is 47.4. The first-order valence-electron chi connectivity index (χ1n) is 15.5. The summed E-state index contributed by atoms with van der Waals surface area (Å²) in [6, 6.07) is 11.7. The van der Waals surface area contributed by atoms with Crippen molar-refractivity contribution in [2.75, 3.05) is 64.8 Å². The Morgan fingerprint density at radius 1 is 0.809 bits per heavy atom. The summed E-state index contributed by atoms with van der Waals surface area (Å²) in [4.78, 5) is 21.2. The Balaban J connectivity index is 1.21. The van der Waals surface area contributed by atoms with Gasteiger partial charge < -0.3 is 33.7 Å². The highest BCUT2D eigenvalue weighted by atomic mass is 32.2. The van der Waals surface area contributed by atoms with Gasteiger partial charge in [-0.05, 0) is 71.9 Å². The number of hydrogen-bond donors (Lipinski definition) is 1. The number of esters is 1. The molecule has 0 saturated heterocycles. The maximum absolute atomic E-state index is 13.6.